The Hall–Kier alpha value is -3.47. The van der Waals surface area contributed by atoms with Gasteiger partial charge in [-0.05, 0) is 43.5 Å². The van der Waals surface area contributed by atoms with Gasteiger partial charge in [0.15, 0.2) is 18.6 Å². The summed E-state index contributed by atoms with van der Waals surface area (Å²) in [6, 6.07) is 10.8. The van der Waals surface area contributed by atoms with E-state index in [4.69, 9.17) is 45.3 Å². The lowest BCUT2D eigenvalue weighted by molar-refractivity contribution is -0.799. The molecular formula is C29H41ClN5O7+. The molecular weight excluding hydrogens is 566 g/mol. The molecule has 0 saturated carbocycles. The lowest BCUT2D eigenvalue weighted by atomic mass is 10.2. The van der Waals surface area contributed by atoms with Crippen LogP contribution in [-0.4, -0.2) is 71.8 Å². The van der Waals surface area contributed by atoms with Crippen LogP contribution >= 0.6 is 11.6 Å². The fraction of sp³-hybridized carbons (Fsp3) is 0.517. The standard InChI is InChI=1S/C29H40ClN5O7/c1-24(36)42-29(41-22-21-39-20-19-38-18-17-37-2)35-14-11-26(12-15-35)34-28(33-23-31)32-13-5-3-4-6-16-40-27-9-7-25(30)8-10-27/h7-12,14-15,29H,3-6,13,16-22H2,1-2H3,(H,32,33)/p+1. The average Bonchev–Trinajstić information content (AvgIpc) is 2.98. The molecule has 2 N–H and O–H groups in total. The minimum absolute atomic E-state index is 0.210. The molecule has 230 valence electrons. The van der Waals surface area contributed by atoms with Crippen LogP contribution in [0.15, 0.2) is 53.8 Å². The number of esters is 1. The number of hydrogen-bond donors (Lipinski definition) is 2. The van der Waals surface area contributed by atoms with E-state index in [2.05, 4.69) is 15.6 Å². The molecule has 0 aliphatic rings. The van der Waals surface area contributed by atoms with Gasteiger partial charge in [-0.25, -0.2) is 0 Å². The van der Waals surface area contributed by atoms with E-state index in [1.807, 2.05) is 18.3 Å². The number of nitrogens with zero attached hydrogens (tertiary/aromatic N) is 3. The second kappa shape index (κ2) is 22.2. The maximum Gasteiger partial charge on any atom is 0.426 e. The number of halogens is 1. The molecule has 12 nitrogen and oxygen atoms in total. The number of carbonyl (C=O) groups is 1. The molecule has 0 saturated heterocycles. The highest BCUT2D eigenvalue weighted by atomic mass is 35.5. The Morgan fingerprint density at radius 3 is 2.29 bits per heavy atom. The predicted molar refractivity (Wildman–Crippen MR) is 157 cm³/mol. The molecule has 0 bridgehead atoms. The summed E-state index contributed by atoms with van der Waals surface area (Å²) < 4.78 is 34.0. The molecule has 0 fully saturated rings. The number of benzene rings is 1. The molecule has 1 heterocycles. The van der Waals surface area contributed by atoms with Crippen LogP contribution in [0, 0.1) is 11.5 Å². The minimum atomic E-state index is -0.958. The third kappa shape index (κ3) is 16.1. The molecule has 1 aromatic heterocycles. The number of nitriles is 1. The van der Waals surface area contributed by atoms with Gasteiger partial charge in [-0.2, -0.15) is 5.26 Å². The molecule has 0 aliphatic carbocycles. The van der Waals surface area contributed by atoms with Crippen molar-refractivity contribution in [2.24, 2.45) is 4.99 Å². The van der Waals surface area contributed by atoms with Crippen LogP contribution in [-0.2, 0) is 28.5 Å². The largest absolute Gasteiger partial charge is 0.494 e. The molecule has 0 radical (unpaired) electrons. The fourth-order valence-electron chi connectivity index (χ4n) is 3.44. The molecule has 1 unspecified atom stereocenters. The zero-order chi connectivity index (χ0) is 30.3. The number of unbranched alkanes of at least 4 members (excludes halogenated alkanes) is 3. The van der Waals surface area contributed by atoms with Crippen LogP contribution in [0.4, 0.5) is 5.69 Å². The summed E-state index contributed by atoms with van der Waals surface area (Å²) in [5.74, 6) is 0.672. The van der Waals surface area contributed by atoms with Crippen LogP contribution in [0.1, 0.15) is 39.0 Å². The Morgan fingerprint density at radius 2 is 1.62 bits per heavy atom. The van der Waals surface area contributed by atoms with E-state index in [0.717, 1.165) is 31.4 Å². The Morgan fingerprint density at radius 1 is 0.952 bits per heavy atom. The van der Waals surface area contributed by atoms with Crippen molar-refractivity contribution in [1.29, 1.82) is 5.26 Å². The lowest BCUT2D eigenvalue weighted by Crippen LogP contribution is -2.43. The number of hydrogen-bond acceptors (Lipinski definition) is 9. The van der Waals surface area contributed by atoms with Gasteiger partial charge in [-0.3, -0.25) is 19.8 Å². The van der Waals surface area contributed by atoms with Gasteiger partial charge in [-0.15, -0.1) is 4.57 Å². The minimum Gasteiger partial charge on any atom is -0.494 e. The number of ether oxygens (including phenoxy) is 6. The molecule has 13 heteroatoms. The van der Waals surface area contributed by atoms with Crippen molar-refractivity contribution in [3.05, 3.63) is 53.8 Å². The van der Waals surface area contributed by atoms with Crippen LogP contribution in [0.2, 0.25) is 5.02 Å². The molecule has 0 aliphatic heterocycles. The summed E-state index contributed by atoms with van der Waals surface area (Å²) in [5, 5.41) is 15.5. The Labute approximate surface area is 252 Å². The van der Waals surface area contributed by atoms with Gasteiger partial charge in [0.1, 0.15) is 5.75 Å². The molecule has 42 heavy (non-hydrogen) atoms. The van der Waals surface area contributed by atoms with Crippen molar-refractivity contribution < 1.29 is 37.8 Å². The fourth-order valence-corrected chi connectivity index (χ4v) is 3.56. The molecule has 0 amide bonds. The van der Waals surface area contributed by atoms with Crippen molar-refractivity contribution in [1.82, 2.24) is 5.32 Å². The van der Waals surface area contributed by atoms with E-state index in [9.17, 15) is 4.79 Å². The van der Waals surface area contributed by atoms with Crippen LogP contribution in [0.5, 0.6) is 5.75 Å². The first-order valence-electron chi connectivity index (χ1n) is 13.8. The van der Waals surface area contributed by atoms with Gasteiger partial charge >= 0.3 is 12.4 Å². The monoisotopic (exact) mass is 606 g/mol. The highest BCUT2D eigenvalue weighted by Crippen LogP contribution is 2.16. The molecule has 1 atom stereocenters. The summed E-state index contributed by atoms with van der Waals surface area (Å²) >= 11 is 5.88. The number of methoxy groups -OCH3 is 1. The number of guanidine groups is 1. The zero-order valence-corrected chi connectivity index (χ0v) is 25.0. The second-order valence-electron chi connectivity index (χ2n) is 8.85. The number of anilines is 1. The van der Waals surface area contributed by atoms with Crippen molar-refractivity contribution in [2.45, 2.75) is 39.0 Å². The topological polar surface area (TPSA) is 137 Å². The maximum atomic E-state index is 11.6. The molecule has 1 aromatic carbocycles. The number of pyridine rings is 1. The first kappa shape index (κ1) is 34.7. The third-order valence-corrected chi connectivity index (χ3v) is 5.75. The quantitative estimate of drug-likeness (QED) is 0.0315. The van der Waals surface area contributed by atoms with Gasteiger partial charge in [0.25, 0.3) is 0 Å². The van der Waals surface area contributed by atoms with Gasteiger partial charge in [-0.1, -0.05) is 18.0 Å². The Kier molecular flexibility index (Phi) is 18.3. The summed E-state index contributed by atoms with van der Waals surface area (Å²) in [6.45, 7) is 4.94. The van der Waals surface area contributed by atoms with Crippen LogP contribution < -0.4 is 19.9 Å². The first-order chi connectivity index (χ1) is 20.5. The second-order valence-corrected chi connectivity index (χ2v) is 9.28. The summed E-state index contributed by atoms with van der Waals surface area (Å²) in [4.78, 5) is 16.1. The summed E-state index contributed by atoms with van der Waals surface area (Å²) in [7, 11) is 1.62. The van der Waals surface area contributed by atoms with E-state index in [-0.39, 0.29) is 6.61 Å². The average molecular weight is 607 g/mol. The van der Waals surface area contributed by atoms with E-state index >= 15 is 0 Å². The summed E-state index contributed by atoms with van der Waals surface area (Å²) in [5.41, 5.74) is 0.686. The van der Waals surface area contributed by atoms with Crippen LogP contribution in [0.3, 0.4) is 0 Å². The first-order valence-corrected chi connectivity index (χ1v) is 14.2. The van der Waals surface area contributed by atoms with Gasteiger partial charge in [0.2, 0.25) is 5.96 Å². The number of carbonyl (C=O) groups excluding carboxylic acids is 1. The molecule has 2 rings (SSSR count). The van der Waals surface area contributed by atoms with E-state index in [0.29, 0.717) is 62.9 Å². The number of aliphatic imine (C=N–C) groups is 1. The van der Waals surface area contributed by atoms with Crippen LogP contribution in [0.25, 0.3) is 0 Å². The van der Waals surface area contributed by atoms with Crippen molar-refractivity contribution in [3.8, 4) is 11.9 Å². The van der Waals surface area contributed by atoms with Crippen molar-refractivity contribution >= 4 is 29.2 Å². The normalized spacial score (nSPS) is 11.9. The summed E-state index contributed by atoms with van der Waals surface area (Å²) in [6.07, 6.45) is 8.14. The number of aromatic nitrogens is 1. The van der Waals surface area contributed by atoms with E-state index < -0.39 is 12.4 Å². The Bertz CT molecular complexity index is 1080. The van der Waals surface area contributed by atoms with Crippen molar-refractivity contribution in [3.63, 3.8) is 0 Å². The van der Waals surface area contributed by atoms with Gasteiger partial charge < -0.3 is 29.0 Å². The Balaban J connectivity index is 1.72. The molecule has 0 spiro atoms. The third-order valence-electron chi connectivity index (χ3n) is 5.50. The highest BCUT2D eigenvalue weighted by Gasteiger charge is 2.22. The van der Waals surface area contributed by atoms with E-state index in [1.54, 1.807) is 48.3 Å². The van der Waals surface area contributed by atoms with Crippen molar-refractivity contribution in [2.75, 3.05) is 65.2 Å². The predicted octanol–water partition coefficient (Wildman–Crippen LogP) is 3.82. The zero-order valence-electron chi connectivity index (χ0n) is 24.3. The SMILES string of the molecule is COCCOCCOCCOC(OC(C)=O)[n+]1ccc(NC(=NCCCCCCOc2ccc(Cl)cc2)NC#N)cc1. The van der Waals surface area contributed by atoms with Gasteiger partial charge in [0, 0.05) is 37.7 Å². The maximum absolute atomic E-state index is 11.6. The van der Waals surface area contributed by atoms with Gasteiger partial charge in [0.05, 0.1) is 51.9 Å². The number of rotatable bonds is 21. The van der Waals surface area contributed by atoms with E-state index in [1.165, 1.54) is 6.92 Å². The smallest absolute Gasteiger partial charge is 0.426 e. The molecule has 2 aromatic rings. The highest BCUT2D eigenvalue weighted by molar-refractivity contribution is 6.30. The lowest BCUT2D eigenvalue weighted by Gasteiger charge is -2.13. The number of nitrogens with one attached hydrogen (secondary N) is 2.